The number of unbranched alkanes of at least 4 members (excludes halogenated alkanes) is 4. The minimum absolute atomic E-state index is 0.142. The molecule has 0 aromatic rings. The van der Waals surface area contributed by atoms with E-state index >= 15 is 0 Å². The van der Waals surface area contributed by atoms with Gasteiger partial charge in [0.1, 0.15) is 73.1 Å². The summed E-state index contributed by atoms with van der Waals surface area (Å²) >= 11 is 10.8. The van der Waals surface area contributed by atoms with Gasteiger partial charge in [0.15, 0.2) is 29.0 Å². The number of nitrogens with one attached hydrogen (secondary N) is 7. The van der Waals surface area contributed by atoms with Crippen LogP contribution in [0.3, 0.4) is 0 Å². The first-order valence-electron chi connectivity index (χ1n) is 18.8. The maximum atomic E-state index is 12.1. The molecule has 3 rings (SSSR count). The molecule has 3 aliphatic rings. The summed E-state index contributed by atoms with van der Waals surface area (Å²) in [6.07, 6.45) is -12.1. The van der Waals surface area contributed by atoms with Gasteiger partial charge in [-0.1, -0.05) is 19.3 Å². The molecular formula is C33H59N7O15S2. The Labute approximate surface area is 340 Å². The minimum atomic E-state index is -1.63. The topological polar surface area (TPSA) is 334 Å². The number of ether oxygens (including phenoxy) is 4. The third kappa shape index (κ3) is 14.2. The number of hydrogen-bond acceptors (Lipinski definition) is 17. The van der Waals surface area contributed by atoms with Crippen LogP contribution in [0, 0.1) is 0 Å². The lowest BCUT2D eigenvalue weighted by molar-refractivity contribution is -0.315. The second-order valence-corrected chi connectivity index (χ2v) is 14.9. The van der Waals surface area contributed by atoms with Crippen molar-refractivity contribution in [1.29, 1.82) is 0 Å². The summed E-state index contributed by atoms with van der Waals surface area (Å²) in [7, 11) is 0. The molecule has 3 aliphatic heterocycles. The van der Waals surface area contributed by atoms with Gasteiger partial charge in [0.2, 0.25) is 17.7 Å². The van der Waals surface area contributed by atoms with Gasteiger partial charge in [-0.3, -0.25) is 14.4 Å². The zero-order chi connectivity index (χ0) is 42.4. The van der Waals surface area contributed by atoms with Crippen molar-refractivity contribution in [2.75, 3.05) is 32.9 Å². The molecular weight excluding hydrogens is 799 g/mol. The molecule has 0 aromatic heterocycles. The van der Waals surface area contributed by atoms with Crippen LogP contribution < -0.4 is 37.2 Å². The summed E-state index contributed by atoms with van der Waals surface area (Å²) in [5.74, 6) is -1.57. The Balaban J connectivity index is 1.43. The number of carbonyl (C=O) groups is 3. The van der Waals surface area contributed by atoms with Crippen LogP contribution in [0.1, 0.15) is 52.9 Å². The lowest BCUT2D eigenvalue weighted by Crippen LogP contribution is -2.71. The maximum absolute atomic E-state index is 12.1. The lowest BCUT2D eigenvalue weighted by atomic mass is 9.94. The van der Waals surface area contributed by atoms with E-state index in [4.69, 9.17) is 43.4 Å². The highest BCUT2D eigenvalue weighted by Crippen LogP contribution is 2.29. The van der Waals surface area contributed by atoms with Crippen molar-refractivity contribution >= 4 is 52.4 Å². The largest absolute Gasteiger partial charge is 0.394 e. The first-order chi connectivity index (χ1) is 27.0. The van der Waals surface area contributed by atoms with Crippen LogP contribution in [0.5, 0.6) is 0 Å². The van der Waals surface area contributed by atoms with Crippen molar-refractivity contribution in [3.63, 3.8) is 0 Å². The Hall–Kier alpha value is -2.69. The van der Waals surface area contributed by atoms with Gasteiger partial charge in [-0.05, 0) is 37.3 Å². The lowest BCUT2D eigenvalue weighted by Gasteiger charge is -2.48. The first-order valence-corrected chi connectivity index (χ1v) is 19.6. The van der Waals surface area contributed by atoms with Crippen molar-refractivity contribution in [3.8, 4) is 0 Å². The average molecular weight is 858 g/mol. The third-order valence-electron chi connectivity index (χ3n) is 9.58. The van der Waals surface area contributed by atoms with E-state index in [0.717, 1.165) is 32.1 Å². The predicted octanol–water partition coefficient (Wildman–Crippen LogP) is -6.28. The fourth-order valence-corrected chi connectivity index (χ4v) is 7.15. The normalized spacial score (nSPS) is 35.3. The number of hydrogen-bond donors (Lipinski definition) is 15. The molecule has 3 heterocycles. The highest BCUT2D eigenvalue weighted by atomic mass is 32.1. The third-order valence-corrected chi connectivity index (χ3v) is 10.1. The molecule has 0 spiro atoms. The quantitative estimate of drug-likeness (QED) is 0.0450. The molecule has 0 aliphatic carbocycles. The standard InChI is InChI=1S/C33H59N7O15S2/c1-14(44)36-20-25(49)23(47)17(11-41)52-29(20)39-32(56)34-9-7-5-4-6-8-10-35-33(57)40-30-21(37-15(2)45)27(51)28(19(13-43)53-30)55-31-22(38-16(3)46)26(50)24(48)18(12-42)54-31/h17-31,41-43,47-51H,4-13H2,1-3H3,(H,36,44)(H,37,45)(H,38,46)(H2,34,39,56)(H2,35,40,57)/t17-,18-,19-,20-,21-,22-,23-,24+,25-,26-,27-,28-,29-,30-,31+/m1/s1. The fraction of sp³-hybridized carbons (Fsp3) is 0.848. The predicted molar refractivity (Wildman–Crippen MR) is 206 cm³/mol. The minimum Gasteiger partial charge on any atom is -0.394 e. The number of aliphatic hydroxyl groups is 8. The molecule has 0 radical (unpaired) electrons. The van der Waals surface area contributed by atoms with Gasteiger partial charge >= 0.3 is 0 Å². The number of carbonyl (C=O) groups excluding carboxylic acids is 3. The summed E-state index contributed by atoms with van der Waals surface area (Å²) in [5.41, 5.74) is 0. The molecule has 24 heteroatoms. The molecule has 57 heavy (non-hydrogen) atoms. The van der Waals surface area contributed by atoms with E-state index in [-0.39, 0.29) is 10.2 Å². The molecule has 0 aromatic carbocycles. The molecule has 15 atom stereocenters. The van der Waals surface area contributed by atoms with Crippen LogP contribution in [-0.4, -0.2) is 194 Å². The first kappa shape index (κ1) is 48.7. The van der Waals surface area contributed by atoms with E-state index in [9.17, 15) is 55.2 Å². The van der Waals surface area contributed by atoms with Crippen LogP contribution in [0.2, 0.25) is 0 Å². The van der Waals surface area contributed by atoms with Crippen LogP contribution in [0.4, 0.5) is 0 Å². The summed E-state index contributed by atoms with van der Waals surface area (Å²) in [6.45, 7) is 2.72. The maximum Gasteiger partial charge on any atom is 0.217 e. The summed E-state index contributed by atoms with van der Waals surface area (Å²) in [6, 6.07) is -3.52. The van der Waals surface area contributed by atoms with Gasteiger partial charge in [0.25, 0.3) is 0 Å². The Bertz CT molecular complexity index is 1330. The molecule has 0 unspecified atom stereocenters. The van der Waals surface area contributed by atoms with Crippen LogP contribution in [0.15, 0.2) is 0 Å². The average Bonchev–Trinajstić information content (AvgIpc) is 3.15. The van der Waals surface area contributed by atoms with E-state index in [1.54, 1.807) is 0 Å². The highest BCUT2D eigenvalue weighted by Gasteiger charge is 2.52. The van der Waals surface area contributed by atoms with Gasteiger partial charge < -0.3 is 97.0 Å². The van der Waals surface area contributed by atoms with Crippen molar-refractivity contribution in [1.82, 2.24) is 37.2 Å². The van der Waals surface area contributed by atoms with Gasteiger partial charge in [-0.2, -0.15) is 0 Å². The van der Waals surface area contributed by atoms with E-state index in [1.165, 1.54) is 20.8 Å². The molecule has 3 fully saturated rings. The van der Waals surface area contributed by atoms with E-state index in [2.05, 4.69) is 37.2 Å². The van der Waals surface area contributed by atoms with Crippen LogP contribution >= 0.6 is 24.4 Å². The number of thiocarbonyl (C=S) groups is 2. The highest BCUT2D eigenvalue weighted by molar-refractivity contribution is 7.80. The number of aliphatic hydroxyl groups excluding tert-OH is 8. The van der Waals surface area contributed by atoms with Crippen LogP contribution in [-0.2, 0) is 33.3 Å². The second-order valence-electron chi connectivity index (χ2n) is 14.1. The Morgan fingerprint density at radius 1 is 0.526 bits per heavy atom. The molecule has 0 saturated carbocycles. The van der Waals surface area contributed by atoms with E-state index in [0.29, 0.717) is 13.1 Å². The van der Waals surface area contributed by atoms with Crippen molar-refractivity contribution in [3.05, 3.63) is 0 Å². The van der Waals surface area contributed by atoms with E-state index in [1.807, 2.05) is 0 Å². The number of rotatable bonds is 18. The van der Waals surface area contributed by atoms with Crippen LogP contribution in [0.25, 0.3) is 0 Å². The van der Waals surface area contributed by atoms with Crippen molar-refractivity contribution in [2.24, 2.45) is 0 Å². The molecule has 15 N–H and O–H groups in total. The van der Waals surface area contributed by atoms with E-state index < -0.39 is 129 Å². The van der Waals surface area contributed by atoms with Crippen molar-refractivity contribution < 1.29 is 74.2 Å². The fourth-order valence-electron chi connectivity index (χ4n) is 6.71. The number of amides is 3. The zero-order valence-electron chi connectivity index (χ0n) is 32.0. The Kier molecular flexibility index (Phi) is 20.3. The van der Waals surface area contributed by atoms with Gasteiger partial charge in [0, 0.05) is 33.9 Å². The Morgan fingerprint density at radius 2 is 0.912 bits per heavy atom. The monoisotopic (exact) mass is 857 g/mol. The summed E-state index contributed by atoms with van der Waals surface area (Å²) < 4.78 is 23.1. The smallest absolute Gasteiger partial charge is 0.217 e. The Morgan fingerprint density at radius 3 is 1.37 bits per heavy atom. The van der Waals surface area contributed by atoms with Crippen molar-refractivity contribution in [2.45, 2.75) is 145 Å². The molecule has 3 saturated heterocycles. The molecule has 0 bridgehead atoms. The summed E-state index contributed by atoms with van der Waals surface area (Å²) in [5, 5.41) is 102. The van der Waals surface area contributed by atoms with Gasteiger partial charge in [0.05, 0.1) is 19.8 Å². The van der Waals surface area contributed by atoms with Gasteiger partial charge in [-0.15, -0.1) is 0 Å². The SMILES string of the molecule is CC(=O)N[C@@H]1[C@@H](O)[C@H](O[C@@H]2O[C@H](CO)[C@H](O)[C@H](O)[C@H]2NC(C)=O)[C@@H](CO)O[C@H]1NC(=S)NCCCCCCCNC(=S)N[C@@H]1O[C@H](CO)[C@@H](O)[C@H](O)[C@H]1NC(C)=O. The van der Waals surface area contributed by atoms with Gasteiger partial charge in [-0.25, -0.2) is 0 Å². The zero-order valence-corrected chi connectivity index (χ0v) is 33.6. The molecule has 22 nitrogen and oxygen atoms in total. The molecule has 328 valence electrons. The molecule has 3 amide bonds. The second kappa shape index (κ2) is 23.8. The summed E-state index contributed by atoms with van der Waals surface area (Å²) in [4.78, 5) is 35.6.